The van der Waals surface area contributed by atoms with Crippen molar-refractivity contribution < 1.29 is 9.59 Å². The van der Waals surface area contributed by atoms with Crippen LogP contribution in [0.5, 0.6) is 0 Å². The van der Waals surface area contributed by atoms with Crippen molar-refractivity contribution in [3.05, 3.63) is 70.5 Å². The van der Waals surface area contributed by atoms with Crippen LogP contribution in [0.25, 0.3) is 16.7 Å². The maximum atomic E-state index is 13.2. The Morgan fingerprint density at radius 3 is 2.53 bits per heavy atom. The van der Waals surface area contributed by atoms with E-state index in [0.29, 0.717) is 41.6 Å². The van der Waals surface area contributed by atoms with Gasteiger partial charge in [-0.3, -0.25) is 23.5 Å². The number of carbonyl (C=O) groups is 2. The monoisotopic (exact) mass is 448 g/mol. The molecule has 1 aliphatic heterocycles. The first kappa shape index (κ1) is 20.3. The molecule has 10 heteroatoms. The molecule has 1 aliphatic rings. The zero-order valence-corrected chi connectivity index (χ0v) is 17.9. The lowest BCUT2D eigenvalue weighted by Crippen LogP contribution is -2.32. The van der Waals surface area contributed by atoms with Gasteiger partial charge in [0, 0.05) is 12.3 Å². The van der Waals surface area contributed by atoms with Crippen LogP contribution in [-0.4, -0.2) is 54.8 Å². The lowest BCUT2D eigenvalue weighted by molar-refractivity contribution is -0.124. The second-order valence-electron chi connectivity index (χ2n) is 7.42. The summed E-state index contributed by atoms with van der Waals surface area (Å²) in [6.07, 6.45) is 0.625. The van der Waals surface area contributed by atoms with Crippen molar-refractivity contribution in [3.63, 3.8) is 0 Å². The Balaban J connectivity index is 1.46. The van der Waals surface area contributed by atoms with Crippen molar-refractivity contribution in [1.29, 1.82) is 0 Å². The Kier molecular flexibility index (Phi) is 5.36. The summed E-state index contributed by atoms with van der Waals surface area (Å²) in [5.74, 6) is 0.919. The second-order valence-corrected chi connectivity index (χ2v) is 8.48. The van der Waals surface area contributed by atoms with Crippen LogP contribution in [-0.2, 0) is 11.3 Å². The number of urea groups is 1. The minimum atomic E-state index is -0.344. The Labute approximate surface area is 187 Å². The number of rotatable bonds is 7. The average Bonchev–Trinajstić information content (AvgIpc) is 3.38. The molecule has 1 saturated heterocycles. The van der Waals surface area contributed by atoms with E-state index < -0.39 is 0 Å². The van der Waals surface area contributed by atoms with Crippen molar-refractivity contribution in [1.82, 2.24) is 29.4 Å². The van der Waals surface area contributed by atoms with Crippen LogP contribution in [0.15, 0.2) is 64.5 Å². The molecule has 2 aromatic carbocycles. The molecule has 1 fully saturated rings. The van der Waals surface area contributed by atoms with Gasteiger partial charge >= 0.3 is 6.03 Å². The standard InChI is InChI=1S/C22H20N6O3S/c29-18-13-23-21(31)26(18)11-6-12-32-22-25-24-20-27(14-15-7-2-1-3-8-15)19(30)16-9-4-5-10-17(16)28(20)22/h1-5,7-10H,6,11-14H2,(H,23,31). The van der Waals surface area contributed by atoms with Gasteiger partial charge in [0.15, 0.2) is 5.16 Å². The summed E-state index contributed by atoms with van der Waals surface area (Å²) in [5.41, 5.74) is 1.63. The summed E-state index contributed by atoms with van der Waals surface area (Å²) in [4.78, 5) is 37.9. The maximum Gasteiger partial charge on any atom is 0.324 e. The highest BCUT2D eigenvalue weighted by Gasteiger charge is 2.27. The molecule has 1 N–H and O–H groups in total. The van der Waals surface area contributed by atoms with Gasteiger partial charge in [-0.15, -0.1) is 10.2 Å². The maximum absolute atomic E-state index is 13.2. The number of hydrogen-bond acceptors (Lipinski definition) is 6. The van der Waals surface area contributed by atoms with Gasteiger partial charge in [0.05, 0.1) is 24.0 Å². The van der Waals surface area contributed by atoms with E-state index in [9.17, 15) is 14.4 Å². The van der Waals surface area contributed by atoms with Crippen molar-refractivity contribution in [2.75, 3.05) is 18.8 Å². The molecule has 162 valence electrons. The van der Waals surface area contributed by atoms with Gasteiger partial charge in [0.2, 0.25) is 11.7 Å². The van der Waals surface area contributed by atoms with Gasteiger partial charge < -0.3 is 5.32 Å². The molecule has 3 amide bonds. The van der Waals surface area contributed by atoms with E-state index >= 15 is 0 Å². The van der Waals surface area contributed by atoms with Gasteiger partial charge in [0.25, 0.3) is 5.56 Å². The van der Waals surface area contributed by atoms with Crippen LogP contribution in [0.2, 0.25) is 0 Å². The molecular formula is C22H20N6O3S. The normalized spacial score (nSPS) is 13.9. The van der Waals surface area contributed by atoms with Crippen molar-refractivity contribution in [2.45, 2.75) is 18.1 Å². The molecule has 2 aromatic heterocycles. The number of amides is 3. The number of fused-ring (bicyclic) bond motifs is 3. The van der Waals surface area contributed by atoms with Gasteiger partial charge in [-0.1, -0.05) is 54.2 Å². The van der Waals surface area contributed by atoms with E-state index in [0.717, 1.165) is 11.1 Å². The number of benzene rings is 2. The van der Waals surface area contributed by atoms with Crippen LogP contribution in [0, 0.1) is 0 Å². The lowest BCUT2D eigenvalue weighted by atomic mass is 10.2. The first-order valence-electron chi connectivity index (χ1n) is 10.2. The average molecular weight is 449 g/mol. The molecule has 0 atom stereocenters. The third kappa shape index (κ3) is 3.62. The van der Waals surface area contributed by atoms with E-state index in [1.54, 1.807) is 4.57 Å². The number of para-hydroxylation sites is 1. The number of aromatic nitrogens is 4. The molecule has 0 spiro atoms. The number of nitrogens with zero attached hydrogens (tertiary/aromatic N) is 5. The first-order valence-corrected chi connectivity index (χ1v) is 11.2. The van der Waals surface area contributed by atoms with E-state index in [4.69, 9.17) is 0 Å². The molecule has 4 aromatic rings. The van der Waals surface area contributed by atoms with E-state index in [1.165, 1.54) is 16.7 Å². The summed E-state index contributed by atoms with van der Waals surface area (Å²) < 4.78 is 3.54. The highest BCUT2D eigenvalue weighted by atomic mass is 32.2. The van der Waals surface area contributed by atoms with Crippen molar-refractivity contribution in [2.24, 2.45) is 0 Å². The molecule has 0 radical (unpaired) electrons. The molecule has 32 heavy (non-hydrogen) atoms. The summed E-state index contributed by atoms with van der Waals surface area (Å²) in [6.45, 7) is 0.808. The minimum absolute atomic E-state index is 0.0612. The summed E-state index contributed by atoms with van der Waals surface area (Å²) in [6, 6.07) is 16.8. The van der Waals surface area contributed by atoms with Gasteiger partial charge in [-0.2, -0.15) is 0 Å². The van der Waals surface area contributed by atoms with Crippen LogP contribution in [0.4, 0.5) is 4.79 Å². The summed E-state index contributed by atoms with van der Waals surface area (Å²) in [5, 5.41) is 12.5. The quantitative estimate of drug-likeness (QED) is 0.264. The number of hydrogen-bond donors (Lipinski definition) is 1. The van der Waals surface area contributed by atoms with Crippen molar-refractivity contribution in [3.8, 4) is 0 Å². The van der Waals surface area contributed by atoms with E-state index in [1.807, 2.05) is 59.0 Å². The SMILES string of the molecule is O=C1CNC(=O)N1CCCSc1nnc2n(Cc3ccccc3)c(=O)c3ccccc3n12. The first-order chi connectivity index (χ1) is 15.6. The smallest absolute Gasteiger partial charge is 0.324 e. The molecule has 3 heterocycles. The zero-order valence-electron chi connectivity index (χ0n) is 17.1. The minimum Gasteiger partial charge on any atom is -0.329 e. The van der Waals surface area contributed by atoms with Crippen LogP contribution < -0.4 is 10.9 Å². The fraction of sp³-hybridized carbons (Fsp3) is 0.227. The van der Waals surface area contributed by atoms with Crippen LogP contribution in [0.3, 0.4) is 0 Å². The molecular weight excluding hydrogens is 428 g/mol. The Hall–Kier alpha value is -3.66. The summed E-state index contributed by atoms with van der Waals surface area (Å²) >= 11 is 1.48. The number of carbonyl (C=O) groups excluding carboxylic acids is 2. The Morgan fingerprint density at radius 1 is 0.969 bits per heavy atom. The van der Waals surface area contributed by atoms with Crippen LogP contribution in [0.1, 0.15) is 12.0 Å². The molecule has 0 unspecified atom stereocenters. The highest BCUT2D eigenvalue weighted by Crippen LogP contribution is 2.22. The number of thioether (sulfide) groups is 1. The fourth-order valence-corrected chi connectivity index (χ4v) is 4.67. The molecule has 0 bridgehead atoms. The summed E-state index contributed by atoms with van der Waals surface area (Å²) in [7, 11) is 0. The number of imide groups is 1. The van der Waals surface area contributed by atoms with Gasteiger partial charge in [-0.05, 0) is 24.1 Å². The molecule has 0 aliphatic carbocycles. The van der Waals surface area contributed by atoms with Gasteiger partial charge in [-0.25, -0.2) is 4.79 Å². The Bertz CT molecular complexity index is 1370. The predicted molar refractivity (Wildman–Crippen MR) is 121 cm³/mol. The van der Waals surface area contributed by atoms with Crippen LogP contribution >= 0.6 is 11.8 Å². The van der Waals surface area contributed by atoms with Crippen molar-refractivity contribution >= 4 is 40.4 Å². The fourth-order valence-electron chi connectivity index (χ4n) is 3.80. The third-order valence-corrected chi connectivity index (χ3v) is 6.37. The third-order valence-electron chi connectivity index (χ3n) is 5.36. The molecule has 5 rings (SSSR count). The lowest BCUT2D eigenvalue weighted by Gasteiger charge is -2.12. The van der Waals surface area contributed by atoms with Gasteiger partial charge in [0.1, 0.15) is 0 Å². The predicted octanol–water partition coefficient (Wildman–Crippen LogP) is 2.13. The largest absolute Gasteiger partial charge is 0.329 e. The van der Waals surface area contributed by atoms with E-state index in [2.05, 4.69) is 15.5 Å². The highest BCUT2D eigenvalue weighted by molar-refractivity contribution is 7.99. The number of nitrogens with one attached hydrogen (secondary N) is 1. The second kappa shape index (κ2) is 8.46. The molecule has 0 saturated carbocycles. The Morgan fingerprint density at radius 2 is 1.75 bits per heavy atom. The molecule has 9 nitrogen and oxygen atoms in total. The van der Waals surface area contributed by atoms with E-state index in [-0.39, 0.29) is 24.0 Å². The zero-order chi connectivity index (χ0) is 22.1. The topological polar surface area (TPSA) is 102 Å².